The molecule has 2 aliphatic heterocycles. The molecule has 1 saturated heterocycles. The van der Waals surface area contributed by atoms with E-state index in [9.17, 15) is 22.4 Å². The number of hydrogen-bond donors (Lipinski definition) is 1. The van der Waals surface area contributed by atoms with Gasteiger partial charge in [0.1, 0.15) is 5.82 Å². The molecule has 34 heavy (non-hydrogen) atoms. The number of nitrogens with one attached hydrogen (secondary N) is 1. The highest BCUT2D eigenvalue weighted by atomic mass is 32.2. The summed E-state index contributed by atoms with van der Waals surface area (Å²) in [5.41, 5.74) is 2.09. The first-order valence-electron chi connectivity index (χ1n) is 11.8. The van der Waals surface area contributed by atoms with Crippen LogP contribution in [0, 0.1) is 17.7 Å². The average molecular weight is 486 g/mol. The lowest BCUT2D eigenvalue weighted by Crippen LogP contribution is -2.41. The molecule has 0 unspecified atom stereocenters. The van der Waals surface area contributed by atoms with Crippen LogP contribution in [0.15, 0.2) is 47.4 Å². The van der Waals surface area contributed by atoms with Gasteiger partial charge in [0.15, 0.2) is 0 Å². The summed E-state index contributed by atoms with van der Waals surface area (Å²) in [6.07, 6.45) is 3.29. The van der Waals surface area contributed by atoms with Crippen LogP contribution in [0.3, 0.4) is 0 Å². The van der Waals surface area contributed by atoms with Crippen molar-refractivity contribution >= 4 is 33.2 Å². The summed E-state index contributed by atoms with van der Waals surface area (Å²) >= 11 is 0. The number of halogens is 1. The van der Waals surface area contributed by atoms with E-state index in [2.05, 4.69) is 5.32 Å². The number of amides is 2. The van der Waals surface area contributed by atoms with Crippen LogP contribution in [-0.4, -0.2) is 43.7 Å². The van der Waals surface area contributed by atoms with Crippen molar-refractivity contribution in [2.45, 2.75) is 50.0 Å². The fourth-order valence-corrected chi connectivity index (χ4v) is 6.47. The molecule has 0 aromatic heterocycles. The van der Waals surface area contributed by atoms with Crippen LogP contribution >= 0.6 is 0 Å². The zero-order valence-corrected chi connectivity index (χ0v) is 19.9. The molecule has 2 amide bonds. The van der Waals surface area contributed by atoms with Crippen molar-refractivity contribution in [2.24, 2.45) is 11.8 Å². The SMILES string of the molecule is C[C@@H]1Cc2cc(S(=O)(=O)N3CCC(C(=O)Nc4cccc(F)c4)CC3)ccc2N1C(=O)C1CC1. The molecule has 1 N–H and O–H groups in total. The zero-order chi connectivity index (χ0) is 24.0. The van der Waals surface area contributed by atoms with Gasteiger partial charge in [0.05, 0.1) is 4.90 Å². The molecule has 1 saturated carbocycles. The lowest BCUT2D eigenvalue weighted by molar-refractivity contribution is -0.121. The fourth-order valence-electron chi connectivity index (χ4n) is 4.95. The molecule has 1 aliphatic carbocycles. The maximum Gasteiger partial charge on any atom is 0.243 e. The number of anilines is 2. The third-order valence-electron chi connectivity index (χ3n) is 6.99. The molecule has 0 spiro atoms. The first kappa shape index (κ1) is 23.0. The van der Waals surface area contributed by atoms with E-state index in [1.54, 1.807) is 24.3 Å². The van der Waals surface area contributed by atoms with Crippen molar-refractivity contribution in [3.05, 3.63) is 53.8 Å². The standard InChI is InChI=1S/C25H28FN3O4S/c1-16-13-19-14-22(7-8-23(19)29(16)25(31)18-5-6-18)34(32,33)28-11-9-17(10-12-28)24(30)27-21-4-2-3-20(26)15-21/h2-4,7-8,14-18H,5-6,9-13H2,1H3,(H,27,30)/t16-/m1/s1. The van der Waals surface area contributed by atoms with Gasteiger partial charge in [-0.3, -0.25) is 9.59 Å². The number of benzene rings is 2. The molecule has 5 rings (SSSR count). The highest BCUT2D eigenvalue weighted by Crippen LogP contribution is 2.40. The van der Waals surface area contributed by atoms with Gasteiger partial charge in [0, 0.05) is 42.3 Å². The van der Waals surface area contributed by atoms with E-state index in [4.69, 9.17) is 0 Å². The Morgan fingerprint density at radius 2 is 1.74 bits per heavy atom. The maximum absolute atomic E-state index is 13.4. The largest absolute Gasteiger partial charge is 0.326 e. The lowest BCUT2D eigenvalue weighted by atomic mass is 9.97. The third-order valence-corrected chi connectivity index (χ3v) is 8.88. The highest BCUT2D eigenvalue weighted by Gasteiger charge is 2.40. The first-order valence-corrected chi connectivity index (χ1v) is 13.2. The van der Waals surface area contributed by atoms with Gasteiger partial charge >= 0.3 is 0 Å². The van der Waals surface area contributed by atoms with Gasteiger partial charge in [-0.1, -0.05) is 6.07 Å². The number of carbonyl (C=O) groups excluding carboxylic acids is 2. The molecule has 2 heterocycles. The Hall–Kier alpha value is -2.78. The second-order valence-electron chi connectivity index (χ2n) is 9.50. The molecule has 0 bridgehead atoms. The van der Waals surface area contributed by atoms with Crippen molar-refractivity contribution in [1.82, 2.24) is 4.31 Å². The van der Waals surface area contributed by atoms with E-state index in [0.29, 0.717) is 24.9 Å². The smallest absolute Gasteiger partial charge is 0.243 e. The van der Waals surface area contributed by atoms with Crippen molar-refractivity contribution in [1.29, 1.82) is 0 Å². The van der Waals surface area contributed by atoms with Gasteiger partial charge in [0.25, 0.3) is 0 Å². The number of fused-ring (bicyclic) bond motifs is 1. The maximum atomic E-state index is 13.4. The first-order chi connectivity index (χ1) is 16.2. The molecule has 0 radical (unpaired) electrons. The summed E-state index contributed by atoms with van der Waals surface area (Å²) < 4.78 is 41.4. The molecule has 2 aromatic rings. The molecule has 2 aromatic carbocycles. The molecular formula is C25H28FN3O4S. The molecule has 2 fully saturated rings. The van der Waals surface area contributed by atoms with Crippen LogP contribution in [0.1, 0.15) is 38.2 Å². The van der Waals surface area contributed by atoms with Crippen molar-refractivity contribution in [3.63, 3.8) is 0 Å². The fraction of sp³-hybridized carbons (Fsp3) is 0.440. The van der Waals surface area contributed by atoms with Gasteiger partial charge < -0.3 is 10.2 Å². The summed E-state index contributed by atoms with van der Waals surface area (Å²) in [6, 6.07) is 10.8. The molecular weight excluding hydrogens is 457 g/mol. The second-order valence-corrected chi connectivity index (χ2v) is 11.4. The van der Waals surface area contributed by atoms with Crippen LogP contribution in [0.2, 0.25) is 0 Å². The number of hydrogen-bond acceptors (Lipinski definition) is 4. The van der Waals surface area contributed by atoms with Crippen LogP contribution in [0.4, 0.5) is 15.8 Å². The summed E-state index contributed by atoms with van der Waals surface area (Å²) in [6.45, 7) is 2.47. The Morgan fingerprint density at radius 1 is 1.00 bits per heavy atom. The van der Waals surface area contributed by atoms with Gasteiger partial charge in [-0.2, -0.15) is 4.31 Å². The van der Waals surface area contributed by atoms with E-state index in [1.807, 2.05) is 11.8 Å². The molecule has 7 nitrogen and oxygen atoms in total. The molecule has 3 aliphatic rings. The number of rotatable bonds is 5. The number of piperidine rings is 1. The van der Waals surface area contributed by atoms with Crippen LogP contribution in [-0.2, 0) is 26.0 Å². The van der Waals surface area contributed by atoms with Crippen LogP contribution < -0.4 is 10.2 Å². The van der Waals surface area contributed by atoms with E-state index < -0.39 is 15.8 Å². The highest BCUT2D eigenvalue weighted by molar-refractivity contribution is 7.89. The Kier molecular flexibility index (Phi) is 5.93. The van der Waals surface area contributed by atoms with E-state index in [1.165, 1.54) is 22.5 Å². The van der Waals surface area contributed by atoms with Gasteiger partial charge in [0.2, 0.25) is 21.8 Å². The normalized spacial score (nSPS) is 21.4. The quantitative estimate of drug-likeness (QED) is 0.702. The third kappa shape index (κ3) is 4.34. The summed E-state index contributed by atoms with van der Waals surface area (Å²) in [5, 5.41) is 2.72. The second kappa shape index (κ2) is 8.78. The van der Waals surface area contributed by atoms with E-state index in [0.717, 1.165) is 24.1 Å². The summed E-state index contributed by atoms with van der Waals surface area (Å²) in [4.78, 5) is 27.3. The monoisotopic (exact) mass is 485 g/mol. The van der Waals surface area contributed by atoms with Gasteiger partial charge in [-0.05, 0) is 81.0 Å². The Bertz CT molecular complexity index is 1240. The van der Waals surface area contributed by atoms with Crippen molar-refractivity contribution in [2.75, 3.05) is 23.3 Å². The Labute approximate surface area is 199 Å². The number of carbonyl (C=O) groups is 2. The number of sulfonamides is 1. The topological polar surface area (TPSA) is 86.8 Å². The predicted octanol–water partition coefficient (Wildman–Crippen LogP) is 3.55. The average Bonchev–Trinajstić information content (AvgIpc) is 3.60. The predicted molar refractivity (Wildman–Crippen MR) is 126 cm³/mol. The summed E-state index contributed by atoms with van der Waals surface area (Å²) in [7, 11) is -3.71. The Balaban J connectivity index is 1.25. The minimum Gasteiger partial charge on any atom is -0.326 e. The molecule has 1 atom stereocenters. The zero-order valence-electron chi connectivity index (χ0n) is 19.0. The van der Waals surface area contributed by atoms with Crippen molar-refractivity contribution < 1.29 is 22.4 Å². The van der Waals surface area contributed by atoms with Crippen molar-refractivity contribution in [3.8, 4) is 0 Å². The minimum atomic E-state index is -3.71. The minimum absolute atomic E-state index is 0.0217. The van der Waals surface area contributed by atoms with E-state index >= 15 is 0 Å². The number of nitrogens with zero attached hydrogens (tertiary/aromatic N) is 2. The van der Waals surface area contributed by atoms with Gasteiger partial charge in [-0.25, -0.2) is 12.8 Å². The van der Waals surface area contributed by atoms with Crippen LogP contribution in [0.25, 0.3) is 0 Å². The lowest BCUT2D eigenvalue weighted by Gasteiger charge is -2.30. The van der Waals surface area contributed by atoms with Gasteiger partial charge in [-0.15, -0.1) is 0 Å². The summed E-state index contributed by atoms with van der Waals surface area (Å²) in [5.74, 6) is -0.744. The Morgan fingerprint density at radius 3 is 2.41 bits per heavy atom. The molecule has 180 valence electrons. The van der Waals surface area contributed by atoms with E-state index in [-0.39, 0.29) is 47.7 Å². The molecule has 9 heteroatoms. The van der Waals surface area contributed by atoms with Crippen LogP contribution in [0.5, 0.6) is 0 Å².